The zero-order valence-corrected chi connectivity index (χ0v) is 13.9. The molecule has 21 heavy (non-hydrogen) atoms. The number of sulfonamides is 1. The Morgan fingerprint density at radius 2 is 2.00 bits per heavy atom. The molecular weight excluding hydrogens is 292 g/mol. The van der Waals surface area contributed by atoms with Crippen LogP contribution in [-0.4, -0.2) is 68.2 Å². The second-order valence-corrected chi connectivity index (χ2v) is 8.13. The monoisotopic (exact) mass is 318 g/mol. The average Bonchev–Trinajstić information content (AvgIpc) is 2.96. The van der Waals surface area contributed by atoms with E-state index < -0.39 is 21.2 Å². The number of nitrogens with zero attached hydrogens (tertiary/aromatic N) is 2. The van der Waals surface area contributed by atoms with Crippen LogP contribution >= 0.6 is 0 Å². The first kappa shape index (κ1) is 16.7. The molecule has 0 aromatic carbocycles. The van der Waals surface area contributed by atoms with Crippen molar-refractivity contribution in [2.75, 3.05) is 33.3 Å². The first-order valence-electron chi connectivity index (χ1n) is 7.72. The SMILES string of the molecule is CCN1CCN(S(=O)(=O)C2CCCC2C(=O)OC)CC1C. The van der Waals surface area contributed by atoms with Gasteiger partial charge in [0, 0.05) is 25.7 Å². The summed E-state index contributed by atoms with van der Waals surface area (Å²) in [5, 5.41) is -0.606. The van der Waals surface area contributed by atoms with Crippen molar-refractivity contribution in [1.82, 2.24) is 9.21 Å². The van der Waals surface area contributed by atoms with Gasteiger partial charge in [0.1, 0.15) is 0 Å². The molecule has 122 valence electrons. The highest BCUT2D eigenvalue weighted by Gasteiger charge is 2.45. The minimum atomic E-state index is -3.42. The summed E-state index contributed by atoms with van der Waals surface area (Å²) in [5.74, 6) is -0.888. The molecule has 1 aliphatic carbocycles. The number of hydrogen-bond donors (Lipinski definition) is 0. The predicted molar refractivity (Wildman–Crippen MR) is 80.3 cm³/mol. The molecule has 1 heterocycles. The van der Waals surface area contributed by atoms with Crippen molar-refractivity contribution >= 4 is 16.0 Å². The lowest BCUT2D eigenvalue weighted by Crippen LogP contribution is -2.55. The number of carbonyl (C=O) groups is 1. The van der Waals surface area contributed by atoms with Gasteiger partial charge in [0.05, 0.1) is 18.3 Å². The molecule has 2 fully saturated rings. The Labute approximate surface area is 127 Å². The minimum absolute atomic E-state index is 0.219. The van der Waals surface area contributed by atoms with Gasteiger partial charge in [-0.15, -0.1) is 0 Å². The van der Waals surface area contributed by atoms with Gasteiger partial charge < -0.3 is 4.74 Å². The number of methoxy groups -OCH3 is 1. The molecule has 1 saturated carbocycles. The van der Waals surface area contributed by atoms with Crippen molar-refractivity contribution < 1.29 is 17.9 Å². The van der Waals surface area contributed by atoms with Gasteiger partial charge in [-0.05, 0) is 26.3 Å². The largest absolute Gasteiger partial charge is 0.469 e. The van der Waals surface area contributed by atoms with Gasteiger partial charge in [-0.25, -0.2) is 8.42 Å². The summed E-state index contributed by atoms with van der Waals surface area (Å²) < 4.78 is 32.1. The van der Waals surface area contributed by atoms with Gasteiger partial charge in [0.2, 0.25) is 10.0 Å². The maximum Gasteiger partial charge on any atom is 0.310 e. The van der Waals surface area contributed by atoms with Crippen LogP contribution < -0.4 is 0 Å². The Morgan fingerprint density at radius 1 is 1.29 bits per heavy atom. The summed E-state index contributed by atoms with van der Waals surface area (Å²) >= 11 is 0. The zero-order chi connectivity index (χ0) is 15.6. The van der Waals surface area contributed by atoms with E-state index >= 15 is 0 Å². The fourth-order valence-corrected chi connectivity index (χ4v) is 5.83. The molecule has 3 atom stereocenters. The fraction of sp³-hybridized carbons (Fsp3) is 0.929. The summed E-state index contributed by atoms with van der Waals surface area (Å²) in [4.78, 5) is 14.1. The second-order valence-electron chi connectivity index (χ2n) is 5.98. The Hall–Kier alpha value is -0.660. The van der Waals surface area contributed by atoms with Crippen LogP contribution in [0.15, 0.2) is 0 Å². The number of rotatable bonds is 4. The van der Waals surface area contributed by atoms with E-state index in [1.165, 1.54) is 7.11 Å². The Bertz CT molecular complexity index is 479. The third kappa shape index (κ3) is 3.24. The van der Waals surface area contributed by atoms with E-state index in [1.54, 1.807) is 4.31 Å². The number of hydrogen-bond acceptors (Lipinski definition) is 5. The molecule has 1 saturated heterocycles. The Morgan fingerprint density at radius 3 is 2.57 bits per heavy atom. The standard InChI is InChI=1S/C14H26N2O4S/c1-4-15-8-9-16(10-11(15)2)21(18,19)13-7-5-6-12(13)14(17)20-3/h11-13H,4-10H2,1-3H3. The van der Waals surface area contributed by atoms with E-state index in [-0.39, 0.29) is 12.0 Å². The normalized spacial score (nSPS) is 32.2. The highest BCUT2D eigenvalue weighted by molar-refractivity contribution is 7.89. The summed E-state index contributed by atoms with van der Waals surface area (Å²) in [6, 6.07) is 0.219. The van der Waals surface area contributed by atoms with Gasteiger partial charge >= 0.3 is 5.97 Å². The van der Waals surface area contributed by atoms with Crippen molar-refractivity contribution in [2.24, 2.45) is 5.92 Å². The molecule has 1 aliphatic heterocycles. The van der Waals surface area contributed by atoms with Crippen LogP contribution in [0.3, 0.4) is 0 Å². The summed E-state index contributed by atoms with van der Waals surface area (Å²) in [7, 11) is -2.10. The smallest absolute Gasteiger partial charge is 0.310 e. The second kappa shape index (κ2) is 6.62. The maximum atomic E-state index is 12.9. The van der Waals surface area contributed by atoms with Crippen molar-refractivity contribution in [2.45, 2.75) is 44.4 Å². The van der Waals surface area contributed by atoms with Crippen molar-refractivity contribution in [1.29, 1.82) is 0 Å². The maximum absolute atomic E-state index is 12.9. The highest BCUT2D eigenvalue weighted by Crippen LogP contribution is 2.34. The van der Waals surface area contributed by atoms with Gasteiger partial charge in [-0.2, -0.15) is 4.31 Å². The van der Waals surface area contributed by atoms with Crippen molar-refractivity contribution in [3.63, 3.8) is 0 Å². The quantitative estimate of drug-likeness (QED) is 0.713. The van der Waals surface area contributed by atoms with E-state index in [1.807, 2.05) is 0 Å². The lowest BCUT2D eigenvalue weighted by Gasteiger charge is -2.40. The van der Waals surface area contributed by atoms with Crippen molar-refractivity contribution in [3.05, 3.63) is 0 Å². The molecule has 0 radical (unpaired) electrons. The van der Waals surface area contributed by atoms with Crippen molar-refractivity contribution in [3.8, 4) is 0 Å². The molecule has 2 aliphatic rings. The molecule has 7 heteroatoms. The molecule has 0 amide bonds. The molecule has 0 bridgehead atoms. The molecule has 0 aromatic rings. The van der Waals surface area contributed by atoms with E-state index in [4.69, 9.17) is 4.74 Å². The fourth-order valence-electron chi connectivity index (χ4n) is 3.56. The van der Waals surface area contributed by atoms with Crippen LogP contribution in [0.4, 0.5) is 0 Å². The molecule has 6 nitrogen and oxygen atoms in total. The van der Waals surface area contributed by atoms with Gasteiger partial charge in [0.15, 0.2) is 0 Å². The lowest BCUT2D eigenvalue weighted by molar-refractivity contribution is -0.145. The van der Waals surface area contributed by atoms with Crippen LogP contribution in [0.2, 0.25) is 0 Å². The third-order valence-electron chi connectivity index (χ3n) is 4.83. The Kier molecular flexibility index (Phi) is 5.27. The van der Waals surface area contributed by atoms with E-state index in [0.717, 1.165) is 19.5 Å². The van der Waals surface area contributed by atoms with Crippen LogP contribution in [0.1, 0.15) is 33.1 Å². The molecule has 2 rings (SSSR count). The lowest BCUT2D eigenvalue weighted by atomic mass is 10.1. The number of piperazine rings is 1. The summed E-state index contributed by atoms with van der Waals surface area (Å²) in [6.45, 7) is 6.86. The van der Waals surface area contributed by atoms with Crippen LogP contribution in [0, 0.1) is 5.92 Å². The molecular formula is C14H26N2O4S. The number of esters is 1. The molecule has 0 N–H and O–H groups in total. The first-order chi connectivity index (χ1) is 9.91. The summed E-state index contributed by atoms with van der Waals surface area (Å²) in [5.41, 5.74) is 0. The van der Waals surface area contributed by atoms with Crippen LogP contribution in [-0.2, 0) is 19.6 Å². The van der Waals surface area contributed by atoms with E-state index in [9.17, 15) is 13.2 Å². The molecule has 0 spiro atoms. The van der Waals surface area contributed by atoms with Gasteiger partial charge in [-0.1, -0.05) is 13.3 Å². The van der Waals surface area contributed by atoms with E-state index in [0.29, 0.717) is 25.9 Å². The average molecular weight is 318 g/mol. The third-order valence-corrected chi connectivity index (χ3v) is 7.21. The summed E-state index contributed by atoms with van der Waals surface area (Å²) in [6.07, 6.45) is 1.94. The van der Waals surface area contributed by atoms with Gasteiger partial charge in [0.25, 0.3) is 0 Å². The molecule has 0 aromatic heterocycles. The predicted octanol–water partition coefficient (Wildman–Crippen LogP) is 0.684. The first-order valence-corrected chi connectivity index (χ1v) is 9.23. The van der Waals surface area contributed by atoms with Crippen LogP contribution in [0.25, 0.3) is 0 Å². The number of likely N-dealkylation sites (N-methyl/N-ethyl adjacent to an activating group) is 1. The zero-order valence-electron chi connectivity index (χ0n) is 13.1. The topological polar surface area (TPSA) is 66.9 Å². The van der Waals surface area contributed by atoms with Crippen LogP contribution in [0.5, 0.6) is 0 Å². The Balaban J connectivity index is 2.13. The minimum Gasteiger partial charge on any atom is -0.469 e. The highest BCUT2D eigenvalue weighted by atomic mass is 32.2. The van der Waals surface area contributed by atoms with Gasteiger partial charge in [-0.3, -0.25) is 9.69 Å². The molecule has 3 unspecified atom stereocenters. The van der Waals surface area contributed by atoms with E-state index in [2.05, 4.69) is 18.7 Å². The number of ether oxygens (including phenoxy) is 1. The number of carbonyl (C=O) groups excluding carboxylic acids is 1.